The van der Waals surface area contributed by atoms with Crippen LogP contribution >= 0.6 is 0 Å². The van der Waals surface area contributed by atoms with E-state index >= 15 is 0 Å². The molecule has 0 aliphatic carbocycles. The number of benzene rings is 1. The highest BCUT2D eigenvalue weighted by Crippen LogP contribution is 2.14. The van der Waals surface area contributed by atoms with Crippen molar-refractivity contribution in [2.24, 2.45) is 17.7 Å². The number of methoxy groups -OCH3 is 1. The molecule has 0 aromatic heterocycles. The SMILES string of the molecule is COC(=O)C(NC(=O)C(C(C)C)N(N)C(=O)CCCCCc1ccccc1)C(C)C. The highest BCUT2D eigenvalue weighted by molar-refractivity contribution is 5.90. The molecule has 0 saturated carbocycles. The second-order valence-electron chi connectivity index (χ2n) is 8.29. The summed E-state index contributed by atoms with van der Waals surface area (Å²) in [5, 5.41) is 3.71. The summed E-state index contributed by atoms with van der Waals surface area (Å²) in [5.41, 5.74) is 1.28. The third-order valence-electron chi connectivity index (χ3n) is 5.11. The first-order valence-electron chi connectivity index (χ1n) is 10.7. The summed E-state index contributed by atoms with van der Waals surface area (Å²) in [7, 11) is 1.28. The first-order chi connectivity index (χ1) is 14.2. The molecular weight excluding hydrogens is 382 g/mol. The van der Waals surface area contributed by atoms with Crippen molar-refractivity contribution in [2.75, 3.05) is 7.11 Å². The van der Waals surface area contributed by atoms with Gasteiger partial charge in [0.2, 0.25) is 11.8 Å². The molecular formula is C23H37N3O4. The minimum Gasteiger partial charge on any atom is -0.467 e. The molecule has 0 bridgehead atoms. The molecule has 0 fully saturated rings. The van der Waals surface area contributed by atoms with Gasteiger partial charge >= 0.3 is 5.97 Å². The van der Waals surface area contributed by atoms with Crippen molar-refractivity contribution >= 4 is 17.8 Å². The number of aryl methyl sites for hydroxylation is 1. The molecule has 0 spiro atoms. The molecule has 1 aromatic carbocycles. The van der Waals surface area contributed by atoms with E-state index in [0.29, 0.717) is 6.42 Å². The number of ether oxygens (including phenoxy) is 1. The normalized spacial score (nSPS) is 13.1. The molecule has 0 aliphatic heterocycles. The van der Waals surface area contributed by atoms with Crippen molar-refractivity contribution in [3.8, 4) is 0 Å². The fourth-order valence-electron chi connectivity index (χ4n) is 3.32. The first kappa shape index (κ1) is 25.6. The lowest BCUT2D eigenvalue weighted by Gasteiger charge is -2.31. The van der Waals surface area contributed by atoms with Crippen LogP contribution in [0.4, 0.5) is 0 Å². The second kappa shape index (κ2) is 13.0. The molecule has 0 heterocycles. The number of carbonyl (C=O) groups is 3. The molecule has 0 radical (unpaired) electrons. The van der Waals surface area contributed by atoms with Gasteiger partial charge in [-0.25, -0.2) is 10.6 Å². The standard InChI is InChI=1S/C23H37N3O4/c1-16(2)20(23(29)30-5)25-22(28)21(17(3)4)26(24)19(27)15-11-7-10-14-18-12-8-6-9-13-18/h6,8-9,12-13,16-17,20-21H,7,10-11,14-15,24H2,1-5H3,(H,25,28). The van der Waals surface area contributed by atoms with Crippen LogP contribution in [0.1, 0.15) is 58.9 Å². The van der Waals surface area contributed by atoms with Crippen molar-refractivity contribution in [1.29, 1.82) is 0 Å². The van der Waals surface area contributed by atoms with Gasteiger partial charge in [-0.3, -0.25) is 14.6 Å². The number of hydrogen-bond donors (Lipinski definition) is 2. The zero-order valence-corrected chi connectivity index (χ0v) is 18.9. The summed E-state index contributed by atoms with van der Waals surface area (Å²) in [6.45, 7) is 7.26. The van der Waals surface area contributed by atoms with E-state index in [1.54, 1.807) is 0 Å². The van der Waals surface area contributed by atoms with Crippen LogP contribution in [0.5, 0.6) is 0 Å². The Morgan fingerprint density at radius 1 is 1.00 bits per heavy atom. The molecule has 2 unspecified atom stereocenters. The third-order valence-corrected chi connectivity index (χ3v) is 5.11. The van der Waals surface area contributed by atoms with Crippen LogP contribution in [-0.2, 0) is 25.5 Å². The lowest BCUT2D eigenvalue weighted by Crippen LogP contribution is -2.58. The molecule has 7 nitrogen and oxygen atoms in total. The van der Waals surface area contributed by atoms with E-state index in [2.05, 4.69) is 17.4 Å². The summed E-state index contributed by atoms with van der Waals surface area (Å²) < 4.78 is 4.77. The number of esters is 1. The van der Waals surface area contributed by atoms with Crippen LogP contribution in [0.15, 0.2) is 30.3 Å². The van der Waals surface area contributed by atoms with Gasteiger partial charge in [0.25, 0.3) is 0 Å². The zero-order valence-electron chi connectivity index (χ0n) is 18.9. The van der Waals surface area contributed by atoms with E-state index in [9.17, 15) is 14.4 Å². The second-order valence-corrected chi connectivity index (χ2v) is 8.29. The van der Waals surface area contributed by atoms with Crippen LogP contribution in [0, 0.1) is 11.8 Å². The lowest BCUT2D eigenvalue weighted by atomic mass is 9.99. The Labute approximate surface area is 180 Å². The predicted molar refractivity (Wildman–Crippen MR) is 117 cm³/mol. The highest BCUT2D eigenvalue weighted by atomic mass is 16.5. The Balaban J connectivity index is 2.57. The highest BCUT2D eigenvalue weighted by Gasteiger charge is 2.34. The fourth-order valence-corrected chi connectivity index (χ4v) is 3.32. The van der Waals surface area contributed by atoms with Gasteiger partial charge in [-0.1, -0.05) is 64.4 Å². The van der Waals surface area contributed by atoms with Crippen molar-refractivity contribution < 1.29 is 19.1 Å². The number of rotatable bonds is 12. The molecule has 2 amide bonds. The summed E-state index contributed by atoms with van der Waals surface area (Å²) in [5.74, 6) is 4.43. The quantitative estimate of drug-likeness (QED) is 0.178. The molecule has 3 N–H and O–H groups in total. The topological polar surface area (TPSA) is 102 Å². The van der Waals surface area contributed by atoms with Crippen LogP contribution in [0.25, 0.3) is 0 Å². The minimum atomic E-state index is -0.854. The Morgan fingerprint density at radius 3 is 2.17 bits per heavy atom. The summed E-state index contributed by atoms with van der Waals surface area (Å²) in [4.78, 5) is 37.3. The maximum absolute atomic E-state index is 12.8. The number of carbonyl (C=O) groups excluding carboxylic acids is 3. The molecule has 1 rings (SSSR count). The van der Waals surface area contributed by atoms with Crippen molar-refractivity contribution in [2.45, 2.75) is 71.9 Å². The molecule has 0 saturated heterocycles. The molecule has 7 heteroatoms. The van der Waals surface area contributed by atoms with Gasteiger partial charge in [0.05, 0.1) is 7.11 Å². The Bertz CT molecular complexity index is 676. The number of nitrogens with one attached hydrogen (secondary N) is 1. The number of nitrogens with two attached hydrogens (primary N) is 1. The maximum atomic E-state index is 12.8. The van der Waals surface area contributed by atoms with Gasteiger partial charge < -0.3 is 10.1 Å². The van der Waals surface area contributed by atoms with Gasteiger partial charge in [0.15, 0.2) is 0 Å². The fraction of sp³-hybridized carbons (Fsp3) is 0.609. The Hall–Kier alpha value is -2.41. The zero-order chi connectivity index (χ0) is 22.7. The van der Waals surface area contributed by atoms with Gasteiger partial charge in [0.1, 0.15) is 12.1 Å². The van der Waals surface area contributed by atoms with Crippen molar-refractivity contribution in [1.82, 2.24) is 10.3 Å². The van der Waals surface area contributed by atoms with E-state index in [4.69, 9.17) is 10.6 Å². The van der Waals surface area contributed by atoms with Crippen molar-refractivity contribution in [3.63, 3.8) is 0 Å². The Morgan fingerprint density at radius 2 is 1.63 bits per heavy atom. The molecule has 30 heavy (non-hydrogen) atoms. The summed E-state index contributed by atoms with van der Waals surface area (Å²) in [6, 6.07) is 8.58. The van der Waals surface area contributed by atoms with Gasteiger partial charge in [-0.2, -0.15) is 0 Å². The first-order valence-corrected chi connectivity index (χ1v) is 10.7. The number of amides is 2. The van der Waals surface area contributed by atoms with Gasteiger partial charge in [-0.15, -0.1) is 0 Å². The van der Waals surface area contributed by atoms with Gasteiger partial charge in [0, 0.05) is 6.42 Å². The number of unbranched alkanes of at least 4 members (excludes halogenated alkanes) is 2. The predicted octanol–water partition coefficient (Wildman–Crippen LogP) is 2.83. The van der Waals surface area contributed by atoms with E-state index < -0.39 is 24.0 Å². The van der Waals surface area contributed by atoms with E-state index in [1.807, 2.05) is 45.9 Å². The monoisotopic (exact) mass is 419 g/mol. The third kappa shape index (κ3) is 8.14. The molecule has 0 aliphatic rings. The number of nitrogens with zero attached hydrogens (tertiary/aromatic N) is 1. The number of hydrogen-bond acceptors (Lipinski definition) is 5. The lowest BCUT2D eigenvalue weighted by molar-refractivity contribution is -0.149. The largest absolute Gasteiger partial charge is 0.467 e. The van der Waals surface area contributed by atoms with Gasteiger partial charge in [-0.05, 0) is 36.7 Å². The minimum absolute atomic E-state index is 0.152. The van der Waals surface area contributed by atoms with Crippen LogP contribution < -0.4 is 11.2 Å². The van der Waals surface area contributed by atoms with Crippen LogP contribution in [0.3, 0.4) is 0 Å². The summed E-state index contributed by atoms with van der Waals surface area (Å²) >= 11 is 0. The number of hydrazine groups is 1. The molecule has 2 atom stereocenters. The van der Waals surface area contributed by atoms with Crippen LogP contribution in [0.2, 0.25) is 0 Å². The Kier molecular flexibility index (Phi) is 11.1. The van der Waals surface area contributed by atoms with Crippen LogP contribution in [-0.4, -0.2) is 42.0 Å². The van der Waals surface area contributed by atoms with E-state index in [1.165, 1.54) is 12.7 Å². The van der Waals surface area contributed by atoms with Crippen molar-refractivity contribution in [3.05, 3.63) is 35.9 Å². The maximum Gasteiger partial charge on any atom is 0.328 e. The average molecular weight is 420 g/mol. The molecule has 168 valence electrons. The average Bonchev–Trinajstić information content (AvgIpc) is 2.71. The summed E-state index contributed by atoms with van der Waals surface area (Å²) in [6.07, 6.45) is 3.87. The smallest absolute Gasteiger partial charge is 0.328 e. The molecule has 1 aromatic rings. The van der Waals surface area contributed by atoms with E-state index in [-0.39, 0.29) is 24.2 Å². The van der Waals surface area contributed by atoms with E-state index in [0.717, 1.165) is 24.3 Å².